The van der Waals surface area contributed by atoms with Gasteiger partial charge in [0, 0.05) is 0 Å². The summed E-state index contributed by atoms with van der Waals surface area (Å²) in [4.78, 5) is 0. The minimum absolute atomic E-state index is 0.356. The van der Waals surface area contributed by atoms with Gasteiger partial charge in [0.15, 0.2) is 0 Å². The van der Waals surface area contributed by atoms with Crippen molar-refractivity contribution in [3.8, 4) is 5.75 Å². The van der Waals surface area contributed by atoms with Crippen molar-refractivity contribution in [2.45, 2.75) is 27.2 Å². The lowest BCUT2D eigenvalue weighted by atomic mass is 10.2. The molecule has 0 saturated heterocycles. The van der Waals surface area contributed by atoms with Crippen molar-refractivity contribution >= 4 is 0 Å². The molecule has 62 valence electrons. The summed E-state index contributed by atoms with van der Waals surface area (Å²) in [6.45, 7) is 6.06. The third kappa shape index (κ3) is 3.66. The largest absolute Gasteiger partial charge is 0.508 e. The van der Waals surface area contributed by atoms with Crippen LogP contribution in [0, 0.1) is 0 Å². The maximum Gasteiger partial charge on any atom is 0.115 e. The Morgan fingerprint density at radius 3 is 2.27 bits per heavy atom. The molecule has 0 amide bonds. The SMILES string of the molecule is CC.CCc1cccc(O)c1. The van der Waals surface area contributed by atoms with Crippen LogP contribution >= 0.6 is 0 Å². The standard InChI is InChI=1S/C8H10O.C2H6/c1-2-7-4-3-5-8(9)6-7;1-2/h3-6,9H,2H2,1H3;1-2H3. The lowest BCUT2D eigenvalue weighted by Gasteiger charge is -1.94. The van der Waals surface area contributed by atoms with Gasteiger partial charge in [-0.15, -0.1) is 0 Å². The molecule has 0 aliphatic rings. The van der Waals surface area contributed by atoms with E-state index in [0.717, 1.165) is 6.42 Å². The molecule has 1 nitrogen and oxygen atoms in total. The molecule has 0 unspecified atom stereocenters. The molecule has 0 fully saturated rings. The van der Waals surface area contributed by atoms with Crippen LogP contribution in [0.1, 0.15) is 26.3 Å². The number of rotatable bonds is 1. The first-order chi connectivity index (χ1) is 5.33. The van der Waals surface area contributed by atoms with Crippen molar-refractivity contribution in [1.82, 2.24) is 0 Å². The molecule has 1 N–H and O–H groups in total. The van der Waals surface area contributed by atoms with Gasteiger partial charge in [-0.1, -0.05) is 32.9 Å². The summed E-state index contributed by atoms with van der Waals surface area (Å²) in [7, 11) is 0. The van der Waals surface area contributed by atoms with Gasteiger partial charge in [0.2, 0.25) is 0 Å². The Bertz CT molecular complexity index is 194. The van der Waals surface area contributed by atoms with Crippen molar-refractivity contribution in [2.75, 3.05) is 0 Å². The van der Waals surface area contributed by atoms with Crippen LogP contribution < -0.4 is 0 Å². The van der Waals surface area contributed by atoms with E-state index in [-0.39, 0.29) is 0 Å². The molecule has 0 heterocycles. The first-order valence-electron chi connectivity index (χ1n) is 4.11. The average Bonchev–Trinajstić information content (AvgIpc) is 2.08. The highest BCUT2D eigenvalue weighted by Gasteiger charge is 1.87. The summed E-state index contributed by atoms with van der Waals surface area (Å²) in [5, 5.41) is 8.94. The van der Waals surface area contributed by atoms with Gasteiger partial charge in [0.05, 0.1) is 0 Å². The first-order valence-corrected chi connectivity index (χ1v) is 4.11. The van der Waals surface area contributed by atoms with Gasteiger partial charge in [-0.05, 0) is 24.1 Å². The predicted octanol–water partition coefficient (Wildman–Crippen LogP) is 2.98. The van der Waals surface area contributed by atoms with Crippen molar-refractivity contribution in [2.24, 2.45) is 0 Å². The topological polar surface area (TPSA) is 20.2 Å². The number of aryl methyl sites for hydroxylation is 1. The van der Waals surface area contributed by atoms with Gasteiger partial charge in [-0.3, -0.25) is 0 Å². The van der Waals surface area contributed by atoms with Crippen molar-refractivity contribution in [1.29, 1.82) is 0 Å². The van der Waals surface area contributed by atoms with Crippen LogP contribution in [0.4, 0.5) is 0 Å². The molecule has 0 aliphatic carbocycles. The Hall–Kier alpha value is -0.980. The number of benzene rings is 1. The van der Waals surface area contributed by atoms with Gasteiger partial charge in [0.25, 0.3) is 0 Å². The van der Waals surface area contributed by atoms with E-state index in [1.165, 1.54) is 5.56 Å². The fourth-order valence-corrected chi connectivity index (χ4v) is 0.776. The zero-order valence-corrected chi connectivity index (χ0v) is 7.46. The normalized spacial score (nSPS) is 8.27. The van der Waals surface area contributed by atoms with Crippen LogP contribution in [-0.2, 0) is 6.42 Å². The molecule has 0 aliphatic heterocycles. The van der Waals surface area contributed by atoms with Crippen LogP contribution in [0.5, 0.6) is 5.75 Å². The van der Waals surface area contributed by atoms with E-state index < -0.39 is 0 Å². The number of phenols is 1. The highest BCUT2D eigenvalue weighted by atomic mass is 16.3. The monoisotopic (exact) mass is 152 g/mol. The van der Waals surface area contributed by atoms with Gasteiger partial charge < -0.3 is 5.11 Å². The van der Waals surface area contributed by atoms with E-state index in [0.29, 0.717) is 5.75 Å². The van der Waals surface area contributed by atoms with Crippen LogP contribution in [0.3, 0.4) is 0 Å². The Balaban J connectivity index is 0.000000461. The first kappa shape index (κ1) is 10.0. The number of hydrogen-bond acceptors (Lipinski definition) is 1. The van der Waals surface area contributed by atoms with Crippen LogP contribution in [0.2, 0.25) is 0 Å². The molecule has 0 radical (unpaired) electrons. The summed E-state index contributed by atoms with van der Waals surface area (Å²) in [6.07, 6.45) is 0.981. The smallest absolute Gasteiger partial charge is 0.115 e. The highest BCUT2D eigenvalue weighted by molar-refractivity contribution is 5.26. The molecule has 0 saturated carbocycles. The van der Waals surface area contributed by atoms with Crippen LogP contribution in [0.25, 0.3) is 0 Å². The average molecular weight is 152 g/mol. The molecule has 11 heavy (non-hydrogen) atoms. The van der Waals surface area contributed by atoms with E-state index in [2.05, 4.69) is 6.92 Å². The molecular weight excluding hydrogens is 136 g/mol. The molecular formula is C10H16O. The summed E-state index contributed by atoms with van der Waals surface area (Å²) in [5.41, 5.74) is 1.18. The molecule has 0 spiro atoms. The zero-order valence-electron chi connectivity index (χ0n) is 7.46. The van der Waals surface area contributed by atoms with E-state index in [9.17, 15) is 0 Å². The minimum Gasteiger partial charge on any atom is -0.508 e. The fraction of sp³-hybridized carbons (Fsp3) is 0.400. The maximum absolute atomic E-state index is 8.94. The van der Waals surface area contributed by atoms with Gasteiger partial charge in [0.1, 0.15) is 5.75 Å². The number of phenolic OH excluding ortho intramolecular Hbond substituents is 1. The summed E-state index contributed by atoms with van der Waals surface area (Å²) in [6, 6.07) is 7.31. The lowest BCUT2D eigenvalue weighted by molar-refractivity contribution is 0.474. The van der Waals surface area contributed by atoms with Crippen molar-refractivity contribution < 1.29 is 5.11 Å². The van der Waals surface area contributed by atoms with Gasteiger partial charge >= 0.3 is 0 Å². The Morgan fingerprint density at radius 2 is 1.91 bits per heavy atom. The second-order valence-electron chi connectivity index (χ2n) is 2.02. The Morgan fingerprint density at radius 1 is 1.27 bits per heavy atom. The number of aromatic hydroxyl groups is 1. The van der Waals surface area contributed by atoms with E-state index in [4.69, 9.17) is 5.11 Å². The minimum atomic E-state index is 0.356. The Labute approximate surface area is 68.7 Å². The summed E-state index contributed by atoms with van der Waals surface area (Å²) in [5.74, 6) is 0.356. The molecule has 1 aromatic carbocycles. The Kier molecular flexibility index (Phi) is 5.26. The summed E-state index contributed by atoms with van der Waals surface area (Å²) < 4.78 is 0. The maximum atomic E-state index is 8.94. The van der Waals surface area contributed by atoms with Crippen LogP contribution in [-0.4, -0.2) is 5.11 Å². The van der Waals surface area contributed by atoms with Crippen molar-refractivity contribution in [3.63, 3.8) is 0 Å². The van der Waals surface area contributed by atoms with E-state index in [1.54, 1.807) is 12.1 Å². The molecule has 0 atom stereocenters. The second kappa shape index (κ2) is 5.78. The number of hydrogen-bond donors (Lipinski definition) is 1. The highest BCUT2D eigenvalue weighted by Crippen LogP contribution is 2.10. The fourth-order valence-electron chi connectivity index (χ4n) is 0.776. The van der Waals surface area contributed by atoms with E-state index in [1.807, 2.05) is 26.0 Å². The van der Waals surface area contributed by atoms with Gasteiger partial charge in [-0.2, -0.15) is 0 Å². The lowest BCUT2D eigenvalue weighted by Crippen LogP contribution is -1.75. The third-order valence-electron chi connectivity index (χ3n) is 1.32. The molecule has 0 bridgehead atoms. The van der Waals surface area contributed by atoms with Crippen LogP contribution in [0.15, 0.2) is 24.3 Å². The molecule has 1 heteroatoms. The summed E-state index contributed by atoms with van der Waals surface area (Å²) >= 11 is 0. The van der Waals surface area contributed by atoms with Crippen molar-refractivity contribution in [3.05, 3.63) is 29.8 Å². The predicted molar refractivity (Wildman–Crippen MR) is 48.8 cm³/mol. The van der Waals surface area contributed by atoms with Gasteiger partial charge in [-0.25, -0.2) is 0 Å². The zero-order chi connectivity index (χ0) is 8.69. The third-order valence-corrected chi connectivity index (χ3v) is 1.32. The quantitative estimate of drug-likeness (QED) is 0.656. The molecule has 1 aromatic rings. The molecule has 0 aromatic heterocycles. The second-order valence-corrected chi connectivity index (χ2v) is 2.02. The van der Waals surface area contributed by atoms with E-state index >= 15 is 0 Å². The molecule has 1 rings (SSSR count).